The van der Waals surface area contributed by atoms with Crippen LogP contribution in [0.3, 0.4) is 0 Å². The van der Waals surface area contributed by atoms with Gasteiger partial charge in [-0.15, -0.1) is 10.2 Å². The Morgan fingerprint density at radius 1 is 1.25 bits per heavy atom. The second-order valence-corrected chi connectivity index (χ2v) is 9.36. The van der Waals surface area contributed by atoms with Crippen LogP contribution < -0.4 is 14.8 Å². The SMILES string of the molecule is CCC(=O)Nc1nnc(S(=O)(=O)Nc2ccc(OC3CCN(C)CC3)cc2)s1. The lowest BCUT2D eigenvalue weighted by atomic mass is 10.1. The summed E-state index contributed by atoms with van der Waals surface area (Å²) in [5.74, 6) is 0.450. The molecule has 0 spiro atoms. The van der Waals surface area contributed by atoms with Gasteiger partial charge in [-0.25, -0.2) is 0 Å². The van der Waals surface area contributed by atoms with E-state index in [-0.39, 0.29) is 27.9 Å². The summed E-state index contributed by atoms with van der Waals surface area (Å²) in [6.45, 7) is 3.70. The van der Waals surface area contributed by atoms with Crippen molar-refractivity contribution in [2.24, 2.45) is 0 Å². The van der Waals surface area contributed by atoms with E-state index >= 15 is 0 Å². The van der Waals surface area contributed by atoms with Gasteiger partial charge in [0.2, 0.25) is 11.0 Å². The van der Waals surface area contributed by atoms with Gasteiger partial charge >= 0.3 is 0 Å². The summed E-state index contributed by atoms with van der Waals surface area (Å²) in [7, 11) is -1.79. The van der Waals surface area contributed by atoms with Gasteiger partial charge < -0.3 is 15.0 Å². The molecule has 1 fully saturated rings. The average molecular weight is 426 g/mol. The van der Waals surface area contributed by atoms with E-state index in [2.05, 4.69) is 32.2 Å². The Bertz CT molecular complexity index is 906. The van der Waals surface area contributed by atoms with Crippen LogP contribution in [-0.2, 0) is 14.8 Å². The van der Waals surface area contributed by atoms with Crippen LogP contribution in [0.2, 0.25) is 0 Å². The fourth-order valence-electron chi connectivity index (χ4n) is 2.67. The summed E-state index contributed by atoms with van der Waals surface area (Å²) >= 11 is 0.796. The second-order valence-electron chi connectivity index (χ2n) is 6.53. The average Bonchev–Trinajstić information content (AvgIpc) is 3.14. The zero-order valence-corrected chi connectivity index (χ0v) is 17.3. The predicted octanol–water partition coefficient (Wildman–Crippen LogP) is 2.16. The number of likely N-dealkylation sites (tertiary alicyclic amines) is 1. The van der Waals surface area contributed by atoms with Crippen molar-refractivity contribution in [3.05, 3.63) is 24.3 Å². The van der Waals surface area contributed by atoms with Crippen molar-refractivity contribution in [1.29, 1.82) is 0 Å². The first-order valence-corrected chi connectivity index (χ1v) is 11.3. The molecule has 0 radical (unpaired) electrons. The largest absolute Gasteiger partial charge is 0.490 e. The van der Waals surface area contributed by atoms with Gasteiger partial charge in [0.05, 0.1) is 0 Å². The van der Waals surface area contributed by atoms with E-state index in [1.807, 2.05) is 0 Å². The number of carbonyl (C=O) groups is 1. The number of hydrogen-bond donors (Lipinski definition) is 2. The number of nitrogens with one attached hydrogen (secondary N) is 2. The fourth-order valence-corrected chi connectivity index (χ4v) is 4.65. The Kier molecular flexibility index (Phi) is 6.47. The van der Waals surface area contributed by atoms with Crippen LogP contribution in [0, 0.1) is 0 Å². The first-order valence-electron chi connectivity index (χ1n) is 8.97. The van der Waals surface area contributed by atoms with Gasteiger partial charge in [-0.2, -0.15) is 8.42 Å². The lowest BCUT2D eigenvalue weighted by Crippen LogP contribution is -2.35. The Morgan fingerprint density at radius 2 is 1.93 bits per heavy atom. The lowest BCUT2D eigenvalue weighted by molar-refractivity contribution is -0.115. The molecule has 1 saturated heterocycles. The standard InChI is InChI=1S/C17H23N5O4S2/c1-3-15(23)18-16-19-20-17(27-16)28(24,25)21-12-4-6-13(7-5-12)26-14-8-10-22(2)11-9-14/h4-7,14,21H,3,8-11H2,1-2H3,(H,18,19,23). The second kappa shape index (κ2) is 8.84. The number of carbonyl (C=O) groups excluding carboxylic acids is 1. The molecule has 3 rings (SSSR count). The monoisotopic (exact) mass is 425 g/mol. The number of rotatable bonds is 7. The van der Waals surface area contributed by atoms with Crippen molar-refractivity contribution in [1.82, 2.24) is 15.1 Å². The minimum atomic E-state index is -3.88. The van der Waals surface area contributed by atoms with Gasteiger partial charge in [-0.1, -0.05) is 18.3 Å². The van der Waals surface area contributed by atoms with Gasteiger partial charge in [0.15, 0.2) is 0 Å². The van der Waals surface area contributed by atoms with E-state index in [9.17, 15) is 13.2 Å². The topological polar surface area (TPSA) is 114 Å². The summed E-state index contributed by atoms with van der Waals surface area (Å²) in [6, 6.07) is 6.76. The molecular formula is C17H23N5O4S2. The summed E-state index contributed by atoms with van der Waals surface area (Å²) in [5, 5.41) is 9.98. The molecule has 9 nitrogen and oxygen atoms in total. The number of aromatic nitrogens is 2. The van der Waals surface area contributed by atoms with Gasteiger partial charge in [-0.05, 0) is 44.2 Å². The summed E-state index contributed by atoms with van der Waals surface area (Å²) in [6.07, 6.45) is 2.39. The Hall–Kier alpha value is -2.24. The number of amides is 1. The highest BCUT2D eigenvalue weighted by molar-refractivity contribution is 7.94. The zero-order chi connectivity index (χ0) is 20.1. The maximum Gasteiger partial charge on any atom is 0.291 e. The number of ether oxygens (including phenoxy) is 1. The third-order valence-corrected chi connectivity index (χ3v) is 6.87. The van der Waals surface area contributed by atoms with Crippen LogP contribution in [0.5, 0.6) is 5.75 Å². The van der Waals surface area contributed by atoms with Crippen molar-refractivity contribution < 1.29 is 17.9 Å². The molecule has 0 atom stereocenters. The normalized spacial score (nSPS) is 15.9. The third-order valence-electron chi connectivity index (χ3n) is 4.28. The lowest BCUT2D eigenvalue weighted by Gasteiger charge is -2.29. The van der Waals surface area contributed by atoms with Crippen LogP contribution in [0.1, 0.15) is 26.2 Å². The quantitative estimate of drug-likeness (QED) is 0.654. The molecule has 2 aromatic rings. The molecule has 1 aromatic heterocycles. The molecule has 152 valence electrons. The molecule has 11 heteroatoms. The van der Waals surface area contributed by atoms with Crippen molar-refractivity contribution >= 4 is 38.1 Å². The molecule has 1 amide bonds. The van der Waals surface area contributed by atoms with Crippen molar-refractivity contribution in [2.75, 3.05) is 30.2 Å². The van der Waals surface area contributed by atoms with Gasteiger partial charge in [0.25, 0.3) is 14.4 Å². The van der Waals surface area contributed by atoms with Crippen molar-refractivity contribution in [2.45, 2.75) is 36.6 Å². The van der Waals surface area contributed by atoms with E-state index in [1.54, 1.807) is 31.2 Å². The van der Waals surface area contributed by atoms with Crippen LogP contribution in [0.15, 0.2) is 28.6 Å². The Morgan fingerprint density at radius 3 is 2.57 bits per heavy atom. The highest BCUT2D eigenvalue weighted by Gasteiger charge is 2.21. The number of anilines is 2. The highest BCUT2D eigenvalue weighted by atomic mass is 32.2. The van der Waals surface area contributed by atoms with E-state index in [0.717, 1.165) is 37.3 Å². The van der Waals surface area contributed by atoms with Gasteiger partial charge in [0.1, 0.15) is 11.9 Å². The van der Waals surface area contributed by atoms with E-state index in [0.29, 0.717) is 11.4 Å². The summed E-state index contributed by atoms with van der Waals surface area (Å²) in [4.78, 5) is 13.6. The zero-order valence-electron chi connectivity index (χ0n) is 15.7. The predicted molar refractivity (Wildman–Crippen MR) is 107 cm³/mol. The molecule has 0 aliphatic carbocycles. The summed E-state index contributed by atoms with van der Waals surface area (Å²) in [5.41, 5.74) is 0.394. The molecule has 0 saturated carbocycles. The molecule has 2 N–H and O–H groups in total. The molecular weight excluding hydrogens is 402 g/mol. The highest BCUT2D eigenvalue weighted by Crippen LogP contribution is 2.25. The van der Waals surface area contributed by atoms with Crippen molar-refractivity contribution in [3.8, 4) is 5.75 Å². The van der Waals surface area contributed by atoms with Gasteiger partial charge in [0, 0.05) is 25.2 Å². The fraction of sp³-hybridized carbons (Fsp3) is 0.471. The van der Waals surface area contributed by atoms with Crippen LogP contribution in [0.4, 0.5) is 10.8 Å². The minimum absolute atomic E-state index is 0.147. The van der Waals surface area contributed by atoms with Gasteiger partial charge in [-0.3, -0.25) is 9.52 Å². The molecule has 1 aliphatic rings. The van der Waals surface area contributed by atoms with E-state index in [4.69, 9.17) is 4.74 Å². The van der Waals surface area contributed by atoms with Crippen LogP contribution in [0.25, 0.3) is 0 Å². The first kappa shape index (κ1) is 20.5. The third kappa shape index (κ3) is 5.40. The minimum Gasteiger partial charge on any atom is -0.490 e. The number of piperidine rings is 1. The smallest absolute Gasteiger partial charge is 0.291 e. The van der Waals surface area contributed by atoms with Crippen LogP contribution in [-0.4, -0.2) is 55.7 Å². The number of sulfonamides is 1. The van der Waals surface area contributed by atoms with E-state index < -0.39 is 10.0 Å². The Balaban J connectivity index is 1.60. The Labute approximate surface area is 168 Å². The molecule has 0 bridgehead atoms. The molecule has 1 aromatic carbocycles. The summed E-state index contributed by atoms with van der Waals surface area (Å²) < 4.78 is 33.1. The molecule has 2 heterocycles. The van der Waals surface area contributed by atoms with E-state index in [1.165, 1.54) is 0 Å². The molecule has 28 heavy (non-hydrogen) atoms. The maximum atomic E-state index is 12.5. The molecule has 0 unspecified atom stereocenters. The number of nitrogens with zero attached hydrogens (tertiary/aromatic N) is 3. The maximum absolute atomic E-state index is 12.5. The molecule has 1 aliphatic heterocycles. The first-order chi connectivity index (χ1) is 13.4. The number of hydrogen-bond acceptors (Lipinski definition) is 8. The number of benzene rings is 1. The van der Waals surface area contributed by atoms with Crippen molar-refractivity contribution in [3.63, 3.8) is 0 Å². The van der Waals surface area contributed by atoms with Crippen LogP contribution >= 0.6 is 11.3 Å².